The van der Waals surface area contributed by atoms with Gasteiger partial charge in [-0.1, -0.05) is 34.6 Å². The highest BCUT2D eigenvalue weighted by Gasteiger charge is 2.68. The van der Waals surface area contributed by atoms with Gasteiger partial charge in [0, 0.05) is 0 Å². The fourth-order valence-electron chi connectivity index (χ4n) is 5.90. The van der Waals surface area contributed by atoms with Gasteiger partial charge in [0.15, 0.2) is 8.32 Å². The van der Waals surface area contributed by atoms with E-state index in [-0.39, 0.29) is 40.5 Å². The second kappa shape index (κ2) is 9.34. The van der Waals surface area contributed by atoms with E-state index in [1.54, 1.807) is 0 Å². The van der Waals surface area contributed by atoms with Crippen molar-refractivity contribution in [3.05, 3.63) is 0 Å². The predicted molar refractivity (Wildman–Crippen MR) is 142 cm³/mol. The molecule has 3 aliphatic carbocycles. The number of hydrogen-bond donors (Lipinski definition) is 0. The van der Waals surface area contributed by atoms with Gasteiger partial charge in [-0.15, -0.1) is 11.6 Å². The topological polar surface area (TPSA) is 54.0 Å². The minimum Gasteiger partial charge on any atom is -0.460 e. The molecule has 0 aromatic carbocycles. The average Bonchev–Trinajstić information content (AvgIpc) is 3.00. The highest BCUT2D eigenvalue weighted by atomic mass is 35.5. The first-order valence-corrected chi connectivity index (χ1v) is 16.5. The van der Waals surface area contributed by atoms with Crippen molar-refractivity contribution in [2.24, 2.45) is 17.3 Å². The van der Waals surface area contributed by atoms with Crippen LogP contribution < -0.4 is 0 Å². The molecule has 2 bridgehead atoms. The molecule has 34 heavy (non-hydrogen) atoms. The molecule has 6 atom stereocenters. The second-order valence-corrected chi connectivity index (χ2v) is 19.5. The van der Waals surface area contributed by atoms with Crippen molar-refractivity contribution in [2.75, 3.05) is 0 Å². The van der Waals surface area contributed by atoms with Gasteiger partial charge in [-0.05, 0) is 88.8 Å². The van der Waals surface area contributed by atoms with Gasteiger partial charge in [0.25, 0.3) is 0 Å². The molecule has 1 aliphatic heterocycles. The number of carbonyl (C=O) groups is 1. The van der Waals surface area contributed by atoms with E-state index < -0.39 is 21.0 Å². The van der Waals surface area contributed by atoms with Crippen LogP contribution in [0.1, 0.15) is 94.4 Å². The van der Waals surface area contributed by atoms with Crippen LogP contribution in [0, 0.1) is 17.3 Å². The minimum atomic E-state index is -2.07. The largest absolute Gasteiger partial charge is 0.476 e. The maximum Gasteiger partial charge on any atom is 0.476 e. The third kappa shape index (κ3) is 5.74. The summed E-state index contributed by atoms with van der Waals surface area (Å²) < 4.78 is 25.2. The summed E-state index contributed by atoms with van der Waals surface area (Å²) in [5.41, 5.74) is -0.468. The van der Waals surface area contributed by atoms with Crippen molar-refractivity contribution in [3.8, 4) is 0 Å². The Morgan fingerprint density at radius 3 is 2.26 bits per heavy atom. The first kappa shape index (κ1) is 28.5. The third-order valence-corrected chi connectivity index (χ3v) is 14.1. The summed E-state index contributed by atoms with van der Waals surface area (Å²) in [5.74, 6) is 0.999. The van der Waals surface area contributed by atoms with E-state index in [4.69, 9.17) is 30.1 Å². The molecule has 4 rings (SSSR count). The van der Waals surface area contributed by atoms with Crippen LogP contribution in [0.2, 0.25) is 18.1 Å². The molecule has 196 valence electrons. The monoisotopic (exact) mass is 514 g/mol. The molecule has 3 saturated carbocycles. The molecule has 4 fully saturated rings. The Labute approximate surface area is 214 Å². The highest BCUT2D eigenvalue weighted by Crippen LogP contribution is 2.65. The summed E-state index contributed by atoms with van der Waals surface area (Å²) >= 11 is 6.88. The molecule has 0 radical (unpaired) electrons. The van der Waals surface area contributed by atoms with Crippen molar-refractivity contribution >= 4 is 33.0 Å². The Kier molecular flexibility index (Phi) is 7.83. The van der Waals surface area contributed by atoms with Crippen molar-refractivity contribution in [3.63, 3.8) is 0 Å². The first-order valence-electron chi connectivity index (χ1n) is 13.1. The molecule has 0 amide bonds. The van der Waals surface area contributed by atoms with E-state index in [9.17, 15) is 4.79 Å². The summed E-state index contributed by atoms with van der Waals surface area (Å²) in [4.78, 5) is 12.7. The van der Waals surface area contributed by atoms with Crippen LogP contribution in [0.3, 0.4) is 0 Å². The summed E-state index contributed by atoms with van der Waals surface area (Å²) in [6.45, 7) is 23.7. The predicted octanol–water partition coefficient (Wildman–Crippen LogP) is 6.76. The van der Waals surface area contributed by atoms with Crippen LogP contribution in [-0.2, 0) is 23.3 Å². The van der Waals surface area contributed by atoms with Crippen molar-refractivity contribution < 1.29 is 23.3 Å². The number of carbonyl (C=O) groups excluding carboxylic acids is 1. The number of ether oxygens (including phenoxy) is 1. The fourth-order valence-corrected chi connectivity index (χ4v) is 7.52. The van der Waals surface area contributed by atoms with Crippen LogP contribution in [-0.4, -0.2) is 50.1 Å². The summed E-state index contributed by atoms with van der Waals surface area (Å²) in [6.07, 6.45) is 3.73. The van der Waals surface area contributed by atoms with Gasteiger partial charge in [-0.3, -0.25) is 4.79 Å². The van der Waals surface area contributed by atoms with Gasteiger partial charge in [-0.2, -0.15) is 0 Å². The van der Waals surface area contributed by atoms with Gasteiger partial charge in [0.1, 0.15) is 5.60 Å². The Morgan fingerprint density at radius 1 is 1.12 bits per heavy atom. The lowest BCUT2D eigenvalue weighted by atomic mass is 9.43. The molecule has 8 heteroatoms. The summed E-state index contributed by atoms with van der Waals surface area (Å²) in [6, 6.07) is 0. The fraction of sp³-hybridized carbons (Fsp3) is 0.962. The smallest absolute Gasteiger partial charge is 0.460 e. The molecule has 0 aromatic heterocycles. The van der Waals surface area contributed by atoms with Gasteiger partial charge in [0.05, 0.1) is 29.5 Å². The number of esters is 1. The van der Waals surface area contributed by atoms with E-state index in [1.165, 1.54) is 6.42 Å². The Balaban J connectivity index is 1.63. The Bertz CT molecular complexity index is 761. The van der Waals surface area contributed by atoms with Crippen LogP contribution >= 0.6 is 11.6 Å². The second-order valence-electron chi connectivity index (χ2n) is 14.2. The zero-order chi connectivity index (χ0) is 25.9. The molecule has 0 N–H and O–H groups in total. The lowest BCUT2D eigenvalue weighted by Gasteiger charge is -2.64. The van der Waals surface area contributed by atoms with E-state index >= 15 is 0 Å². The van der Waals surface area contributed by atoms with Gasteiger partial charge in [-0.25, -0.2) is 0 Å². The van der Waals surface area contributed by atoms with E-state index in [0.29, 0.717) is 30.1 Å². The molecular weight excluding hydrogens is 467 g/mol. The number of halogens is 1. The van der Waals surface area contributed by atoms with Gasteiger partial charge < -0.3 is 18.5 Å². The SMILES string of the molecule is CC(C)(C)OC(=O)C[C@H](CC[C@@H](Cl)B1O[C@@H]2CC3CC(C3(C)C)[C@]2(C)O1)O[Si](C)(C)C(C)(C)C. The van der Waals surface area contributed by atoms with Crippen LogP contribution in [0.25, 0.3) is 0 Å². The third-order valence-electron chi connectivity index (χ3n) is 9.11. The molecule has 1 heterocycles. The van der Waals surface area contributed by atoms with Crippen LogP contribution in [0.4, 0.5) is 0 Å². The maximum absolute atomic E-state index is 12.7. The lowest BCUT2D eigenvalue weighted by Crippen LogP contribution is -2.65. The zero-order valence-corrected chi connectivity index (χ0v) is 25.2. The van der Waals surface area contributed by atoms with Crippen molar-refractivity contribution in [1.29, 1.82) is 0 Å². The van der Waals surface area contributed by atoms with Crippen molar-refractivity contribution in [2.45, 2.75) is 141 Å². The Morgan fingerprint density at radius 2 is 1.74 bits per heavy atom. The summed E-state index contributed by atoms with van der Waals surface area (Å²) in [5, 5.41) is -0.235. The number of hydrogen-bond acceptors (Lipinski definition) is 5. The van der Waals surface area contributed by atoms with Crippen LogP contribution in [0.15, 0.2) is 0 Å². The standard InChI is InChI=1S/C26H48BClO5Si/c1-23(2,3)30-22(29)16-18(32-34(10,11)24(4,5)6)12-13-21(28)27-31-20-15-17-14-19(25(17,7)8)26(20,9)33-27/h17-21H,12-16H2,1-11H3/t17?,18-,19?,20+,21+,26-/m0/s1. The molecule has 0 aromatic rings. The zero-order valence-electron chi connectivity index (χ0n) is 23.4. The Hall–Kier alpha value is -0.0782. The number of rotatable bonds is 8. The molecular formula is C26H48BClO5Si. The minimum absolute atomic E-state index is 0.0507. The lowest BCUT2D eigenvalue weighted by molar-refractivity contribution is -0.199. The van der Waals surface area contributed by atoms with Gasteiger partial charge >= 0.3 is 13.1 Å². The molecule has 4 aliphatic rings. The molecule has 5 nitrogen and oxygen atoms in total. The van der Waals surface area contributed by atoms with E-state index in [2.05, 4.69) is 54.6 Å². The average molecular weight is 515 g/mol. The van der Waals surface area contributed by atoms with E-state index in [0.717, 1.165) is 6.42 Å². The van der Waals surface area contributed by atoms with Gasteiger partial charge in [0.2, 0.25) is 0 Å². The molecule has 2 unspecified atom stereocenters. The maximum atomic E-state index is 12.7. The summed E-state index contributed by atoms with van der Waals surface area (Å²) in [7, 11) is -2.48. The normalized spacial score (nSPS) is 32.6. The van der Waals surface area contributed by atoms with Crippen LogP contribution in [0.5, 0.6) is 0 Å². The molecule has 1 saturated heterocycles. The first-order chi connectivity index (χ1) is 15.3. The number of alkyl halides is 1. The quantitative estimate of drug-likeness (QED) is 0.203. The van der Waals surface area contributed by atoms with E-state index in [1.807, 2.05) is 20.8 Å². The highest BCUT2D eigenvalue weighted by molar-refractivity contribution is 6.74. The molecule has 0 spiro atoms. The van der Waals surface area contributed by atoms with Crippen molar-refractivity contribution in [1.82, 2.24) is 0 Å².